The van der Waals surface area contributed by atoms with Crippen LogP contribution in [0.3, 0.4) is 0 Å². The average molecular weight is 279 g/mol. The number of halogens is 1. The third kappa shape index (κ3) is 3.47. The minimum atomic E-state index is -1.54. The number of aliphatic hydroxyl groups excluding tert-OH is 1. The van der Waals surface area contributed by atoms with Crippen molar-refractivity contribution in [2.75, 3.05) is 0 Å². The number of ketones is 1. The molecule has 1 atom stereocenters. The van der Waals surface area contributed by atoms with Crippen LogP contribution in [0.4, 0.5) is 0 Å². The molecule has 5 heteroatoms. The topological polar surface area (TPSA) is 66.8 Å². The lowest BCUT2D eigenvalue weighted by Gasteiger charge is -2.07. The first-order valence-electron chi connectivity index (χ1n) is 5.49. The van der Waals surface area contributed by atoms with Crippen LogP contribution < -0.4 is 4.74 Å². The van der Waals surface area contributed by atoms with Gasteiger partial charge >= 0.3 is 0 Å². The maximum Gasteiger partial charge on any atom is 0.206 e. The molecule has 0 radical (unpaired) electrons. The molecule has 1 unspecified atom stereocenters. The highest BCUT2D eigenvalue weighted by Gasteiger charge is 2.13. The third-order valence-electron chi connectivity index (χ3n) is 2.41. The SMILES string of the molecule is O=C(c1ccc(Oc2cccc(O)c2)cc1)C(O)Cl. The number of phenolic OH excluding ortho intramolecular Hbond substituents is 1. The standard InChI is InChI=1S/C14H11ClO4/c15-14(18)13(17)9-4-6-11(7-5-9)19-12-3-1-2-10(16)8-12/h1-8,14,16,18H. The molecule has 0 bridgehead atoms. The lowest BCUT2D eigenvalue weighted by Crippen LogP contribution is -2.13. The Hall–Kier alpha value is -2.04. The van der Waals surface area contributed by atoms with Crippen molar-refractivity contribution in [2.24, 2.45) is 0 Å². The van der Waals surface area contributed by atoms with Gasteiger partial charge in [-0.05, 0) is 36.4 Å². The smallest absolute Gasteiger partial charge is 0.206 e. The second-order valence-electron chi connectivity index (χ2n) is 3.82. The number of alkyl halides is 1. The third-order valence-corrected chi connectivity index (χ3v) is 2.61. The highest BCUT2D eigenvalue weighted by atomic mass is 35.5. The number of hydrogen-bond acceptors (Lipinski definition) is 4. The molecule has 0 spiro atoms. The molecule has 0 aliphatic carbocycles. The summed E-state index contributed by atoms with van der Waals surface area (Å²) in [6, 6.07) is 12.5. The molecular weight excluding hydrogens is 268 g/mol. The summed E-state index contributed by atoms with van der Waals surface area (Å²) in [5, 5.41) is 18.3. The van der Waals surface area contributed by atoms with E-state index < -0.39 is 11.3 Å². The number of rotatable bonds is 4. The quantitative estimate of drug-likeness (QED) is 0.666. The van der Waals surface area contributed by atoms with Crippen molar-refractivity contribution < 1.29 is 19.7 Å². The fraction of sp³-hybridized carbons (Fsp3) is 0.0714. The van der Waals surface area contributed by atoms with Gasteiger partial charge in [0.15, 0.2) is 5.56 Å². The van der Waals surface area contributed by atoms with Gasteiger partial charge in [-0.15, -0.1) is 0 Å². The van der Waals surface area contributed by atoms with Crippen LogP contribution in [0.25, 0.3) is 0 Å². The minimum absolute atomic E-state index is 0.106. The minimum Gasteiger partial charge on any atom is -0.508 e. The number of aliphatic hydroxyl groups is 1. The van der Waals surface area contributed by atoms with Crippen LogP contribution in [0.1, 0.15) is 10.4 Å². The molecule has 0 fully saturated rings. The molecule has 0 saturated carbocycles. The van der Waals surface area contributed by atoms with E-state index in [9.17, 15) is 9.90 Å². The van der Waals surface area contributed by atoms with E-state index in [1.165, 1.54) is 24.3 Å². The van der Waals surface area contributed by atoms with Crippen molar-refractivity contribution in [1.82, 2.24) is 0 Å². The van der Waals surface area contributed by atoms with Crippen molar-refractivity contribution in [2.45, 2.75) is 5.56 Å². The van der Waals surface area contributed by atoms with Crippen molar-refractivity contribution in [3.63, 3.8) is 0 Å². The predicted octanol–water partition coefficient (Wildman–Crippen LogP) is 2.92. The Bertz CT molecular complexity index is 578. The number of ether oxygens (including phenoxy) is 1. The van der Waals surface area contributed by atoms with Crippen LogP contribution in [0, 0.1) is 0 Å². The van der Waals surface area contributed by atoms with Gasteiger partial charge in [0.25, 0.3) is 0 Å². The number of carbonyl (C=O) groups is 1. The normalized spacial score (nSPS) is 11.9. The van der Waals surface area contributed by atoms with E-state index in [1.54, 1.807) is 24.3 Å². The highest BCUT2D eigenvalue weighted by Crippen LogP contribution is 2.25. The van der Waals surface area contributed by atoms with E-state index in [0.717, 1.165) is 0 Å². The summed E-state index contributed by atoms with van der Waals surface area (Å²) < 4.78 is 5.49. The lowest BCUT2D eigenvalue weighted by atomic mass is 10.1. The highest BCUT2D eigenvalue weighted by molar-refractivity contribution is 6.32. The molecule has 98 valence electrons. The fourth-order valence-electron chi connectivity index (χ4n) is 1.51. The number of phenols is 1. The second-order valence-corrected chi connectivity index (χ2v) is 4.24. The fourth-order valence-corrected chi connectivity index (χ4v) is 1.63. The molecule has 0 aliphatic heterocycles. The van der Waals surface area contributed by atoms with E-state index >= 15 is 0 Å². The summed E-state index contributed by atoms with van der Waals surface area (Å²) >= 11 is 5.30. The lowest BCUT2D eigenvalue weighted by molar-refractivity contribution is 0.0860. The Balaban J connectivity index is 2.13. The second kappa shape index (κ2) is 5.73. The van der Waals surface area contributed by atoms with Crippen LogP contribution in [0.2, 0.25) is 0 Å². The summed E-state index contributed by atoms with van der Waals surface area (Å²) in [6.45, 7) is 0. The molecule has 4 nitrogen and oxygen atoms in total. The molecule has 2 aromatic rings. The monoisotopic (exact) mass is 278 g/mol. The van der Waals surface area contributed by atoms with Crippen LogP contribution >= 0.6 is 11.6 Å². The van der Waals surface area contributed by atoms with Gasteiger partial charge in [-0.1, -0.05) is 17.7 Å². The van der Waals surface area contributed by atoms with Crippen LogP contribution in [-0.4, -0.2) is 21.6 Å². The first-order valence-corrected chi connectivity index (χ1v) is 5.93. The molecule has 0 aliphatic rings. The largest absolute Gasteiger partial charge is 0.508 e. The number of aromatic hydroxyl groups is 1. The Kier molecular flexibility index (Phi) is 4.04. The Labute approximate surface area is 114 Å². The Morgan fingerprint density at radius 3 is 2.37 bits per heavy atom. The maximum absolute atomic E-state index is 11.4. The molecular formula is C14H11ClO4. The first kappa shape index (κ1) is 13.4. The number of Topliss-reactive ketones (excluding diaryl/α,β-unsaturated/α-hetero) is 1. The van der Waals surface area contributed by atoms with Gasteiger partial charge in [-0.25, -0.2) is 0 Å². The molecule has 2 aromatic carbocycles. The van der Waals surface area contributed by atoms with Gasteiger partial charge < -0.3 is 14.9 Å². The van der Waals surface area contributed by atoms with Crippen molar-refractivity contribution in [3.8, 4) is 17.2 Å². The number of benzene rings is 2. The molecule has 0 aromatic heterocycles. The first-order chi connectivity index (χ1) is 9.06. The van der Waals surface area contributed by atoms with Gasteiger partial charge in [0.1, 0.15) is 17.2 Å². The molecule has 2 N–H and O–H groups in total. The predicted molar refractivity (Wildman–Crippen MR) is 70.8 cm³/mol. The van der Waals surface area contributed by atoms with Gasteiger partial charge in [0, 0.05) is 11.6 Å². The van der Waals surface area contributed by atoms with E-state index in [0.29, 0.717) is 17.1 Å². The number of carbonyl (C=O) groups excluding carboxylic acids is 1. The summed E-state index contributed by atoms with van der Waals surface area (Å²) in [5.41, 5.74) is -1.25. The Morgan fingerprint density at radius 2 is 1.79 bits per heavy atom. The maximum atomic E-state index is 11.4. The van der Waals surface area contributed by atoms with Crippen LogP contribution in [-0.2, 0) is 0 Å². The summed E-state index contributed by atoms with van der Waals surface area (Å²) in [6.07, 6.45) is 0. The van der Waals surface area contributed by atoms with E-state index in [1.807, 2.05) is 0 Å². The molecule has 0 saturated heterocycles. The van der Waals surface area contributed by atoms with Gasteiger partial charge in [0.05, 0.1) is 0 Å². The zero-order valence-electron chi connectivity index (χ0n) is 9.79. The van der Waals surface area contributed by atoms with Crippen molar-refractivity contribution >= 4 is 17.4 Å². The van der Waals surface area contributed by atoms with Crippen LogP contribution in [0.5, 0.6) is 17.2 Å². The molecule has 2 rings (SSSR count). The summed E-state index contributed by atoms with van der Waals surface area (Å²) in [7, 11) is 0. The van der Waals surface area contributed by atoms with Gasteiger partial charge in [0.2, 0.25) is 5.78 Å². The zero-order valence-corrected chi connectivity index (χ0v) is 10.5. The van der Waals surface area contributed by atoms with Gasteiger partial charge in [-0.3, -0.25) is 4.79 Å². The van der Waals surface area contributed by atoms with Gasteiger partial charge in [-0.2, -0.15) is 0 Å². The molecule has 19 heavy (non-hydrogen) atoms. The van der Waals surface area contributed by atoms with E-state index in [2.05, 4.69) is 0 Å². The van der Waals surface area contributed by atoms with Crippen molar-refractivity contribution in [1.29, 1.82) is 0 Å². The van der Waals surface area contributed by atoms with Crippen molar-refractivity contribution in [3.05, 3.63) is 54.1 Å². The summed E-state index contributed by atoms with van der Waals surface area (Å²) in [5.74, 6) is 0.530. The van der Waals surface area contributed by atoms with E-state index in [-0.39, 0.29) is 5.75 Å². The van der Waals surface area contributed by atoms with Crippen LogP contribution in [0.15, 0.2) is 48.5 Å². The molecule has 0 amide bonds. The molecule has 0 heterocycles. The number of hydrogen-bond donors (Lipinski definition) is 2. The Morgan fingerprint density at radius 1 is 1.11 bits per heavy atom. The average Bonchev–Trinajstić information content (AvgIpc) is 2.39. The summed E-state index contributed by atoms with van der Waals surface area (Å²) in [4.78, 5) is 11.4. The van der Waals surface area contributed by atoms with E-state index in [4.69, 9.17) is 21.4 Å². The zero-order chi connectivity index (χ0) is 13.8.